The molecule has 9 heteroatoms. The molecule has 0 heterocycles. The summed E-state index contributed by atoms with van der Waals surface area (Å²) in [7, 11) is 0. The summed E-state index contributed by atoms with van der Waals surface area (Å²) in [4.78, 5) is 21.6. The fraction of sp³-hybridized carbons (Fsp3) is 0.800. The van der Waals surface area contributed by atoms with E-state index in [1.54, 1.807) is 0 Å². The van der Waals surface area contributed by atoms with Crippen molar-refractivity contribution in [3.63, 3.8) is 0 Å². The van der Waals surface area contributed by atoms with Crippen molar-refractivity contribution in [2.45, 2.75) is 43.4 Å². The van der Waals surface area contributed by atoms with Gasteiger partial charge < -0.3 is 35.7 Å². The summed E-state index contributed by atoms with van der Waals surface area (Å²) in [6.45, 7) is -0.888. The standard InChI is InChI=1S/C10H18O9/c11-3-6(14)9(18)10(19)8(17)5(13)1-4(12)2-7(15)16/h4,6,8-12,14,17-19H,1-3H2,(H,15,16)/t4?,6-,8+,9-,10-/m1/s1. The van der Waals surface area contributed by atoms with Crippen LogP contribution < -0.4 is 0 Å². The predicted molar refractivity (Wildman–Crippen MR) is 59.0 cm³/mol. The Morgan fingerprint density at radius 2 is 1.42 bits per heavy atom. The van der Waals surface area contributed by atoms with E-state index in [-0.39, 0.29) is 0 Å². The van der Waals surface area contributed by atoms with Crippen molar-refractivity contribution in [3.8, 4) is 0 Å². The number of hydrogen-bond donors (Lipinski definition) is 7. The third kappa shape index (κ3) is 6.05. The Labute approximate surface area is 108 Å². The lowest BCUT2D eigenvalue weighted by Gasteiger charge is -2.25. The first-order chi connectivity index (χ1) is 8.70. The lowest BCUT2D eigenvalue weighted by molar-refractivity contribution is -0.149. The monoisotopic (exact) mass is 282 g/mol. The van der Waals surface area contributed by atoms with Crippen LogP contribution in [-0.2, 0) is 9.59 Å². The minimum atomic E-state index is -2.11. The molecular formula is C10H18O9. The summed E-state index contributed by atoms with van der Waals surface area (Å²) in [6, 6.07) is 0. The summed E-state index contributed by atoms with van der Waals surface area (Å²) < 4.78 is 0. The summed E-state index contributed by atoms with van der Waals surface area (Å²) in [5.41, 5.74) is 0. The Hall–Kier alpha value is -1.10. The van der Waals surface area contributed by atoms with E-state index in [4.69, 9.17) is 20.4 Å². The van der Waals surface area contributed by atoms with Crippen molar-refractivity contribution >= 4 is 11.8 Å². The number of Topliss-reactive ketones (excluding diaryl/α,β-unsaturated/α-hetero) is 1. The van der Waals surface area contributed by atoms with Gasteiger partial charge in [0, 0.05) is 6.42 Å². The first-order valence-electron chi connectivity index (χ1n) is 5.46. The van der Waals surface area contributed by atoms with Crippen LogP contribution in [-0.4, -0.2) is 84.6 Å². The molecule has 0 saturated heterocycles. The van der Waals surface area contributed by atoms with Gasteiger partial charge in [-0.15, -0.1) is 0 Å². The number of aliphatic carboxylic acids is 1. The fourth-order valence-electron chi connectivity index (χ4n) is 1.34. The number of carboxylic acids is 1. The molecule has 1 unspecified atom stereocenters. The van der Waals surface area contributed by atoms with Gasteiger partial charge in [-0.2, -0.15) is 0 Å². The second-order valence-electron chi connectivity index (χ2n) is 4.10. The molecular weight excluding hydrogens is 264 g/mol. The van der Waals surface area contributed by atoms with E-state index < -0.39 is 61.7 Å². The molecule has 0 amide bonds. The second kappa shape index (κ2) is 8.15. The van der Waals surface area contributed by atoms with E-state index in [2.05, 4.69) is 0 Å². The summed E-state index contributed by atoms with van der Waals surface area (Å²) in [5, 5.41) is 63.1. The lowest BCUT2D eigenvalue weighted by atomic mass is 9.97. The van der Waals surface area contributed by atoms with Gasteiger partial charge in [-0.3, -0.25) is 9.59 Å². The Kier molecular flexibility index (Phi) is 7.68. The van der Waals surface area contributed by atoms with E-state index in [0.29, 0.717) is 0 Å². The number of aliphatic hydroxyl groups is 6. The SMILES string of the molecule is O=C(O)CC(O)CC(=O)[C@H](O)[C@@H](O)[C@H](O)[C@H](O)CO. The highest BCUT2D eigenvalue weighted by Gasteiger charge is 2.34. The van der Waals surface area contributed by atoms with Gasteiger partial charge in [0.2, 0.25) is 0 Å². The van der Waals surface area contributed by atoms with Crippen LogP contribution in [0.15, 0.2) is 0 Å². The van der Waals surface area contributed by atoms with E-state index >= 15 is 0 Å². The number of carboxylic acid groups (broad SMARTS) is 1. The second-order valence-corrected chi connectivity index (χ2v) is 4.10. The molecule has 0 aliphatic carbocycles. The molecule has 0 spiro atoms. The maximum Gasteiger partial charge on any atom is 0.305 e. The molecule has 112 valence electrons. The highest BCUT2D eigenvalue weighted by atomic mass is 16.4. The highest BCUT2D eigenvalue weighted by molar-refractivity contribution is 5.84. The Morgan fingerprint density at radius 1 is 0.895 bits per heavy atom. The van der Waals surface area contributed by atoms with Gasteiger partial charge in [-0.25, -0.2) is 0 Å². The average molecular weight is 282 g/mol. The van der Waals surface area contributed by atoms with Gasteiger partial charge in [0.05, 0.1) is 19.1 Å². The van der Waals surface area contributed by atoms with Crippen LogP contribution in [0.5, 0.6) is 0 Å². The number of carbonyl (C=O) groups is 2. The van der Waals surface area contributed by atoms with Crippen LogP contribution in [0.3, 0.4) is 0 Å². The molecule has 5 atom stereocenters. The molecule has 9 nitrogen and oxygen atoms in total. The first kappa shape index (κ1) is 17.9. The van der Waals surface area contributed by atoms with E-state index in [9.17, 15) is 24.9 Å². The third-order valence-corrected chi connectivity index (χ3v) is 2.43. The van der Waals surface area contributed by atoms with E-state index in [1.807, 2.05) is 0 Å². The van der Waals surface area contributed by atoms with Crippen LogP contribution in [0.4, 0.5) is 0 Å². The molecule has 0 aliphatic heterocycles. The van der Waals surface area contributed by atoms with Crippen LogP contribution in [0, 0.1) is 0 Å². The first-order valence-corrected chi connectivity index (χ1v) is 5.46. The minimum absolute atomic E-state index is 0.712. The number of rotatable bonds is 9. The predicted octanol–water partition coefficient (Wildman–Crippen LogP) is -3.78. The Balaban J connectivity index is 4.43. The molecule has 19 heavy (non-hydrogen) atoms. The Morgan fingerprint density at radius 3 is 1.84 bits per heavy atom. The quantitative estimate of drug-likeness (QED) is 0.223. The Bertz CT molecular complexity index is 305. The third-order valence-electron chi connectivity index (χ3n) is 2.43. The topological polar surface area (TPSA) is 176 Å². The van der Waals surface area contributed by atoms with Gasteiger partial charge >= 0.3 is 5.97 Å². The van der Waals surface area contributed by atoms with Crippen LogP contribution in [0.1, 0.15) is 12.8 Å². The number of hydrogen-bond acceptors (Lipinski definition) is 8. The average Bonchev–Trinajstić information content (AvgIpc) is 2.33. The van der Waals surface area contributed by atoms with Gasteiger partial charge in [-0.1, -0.05) is 0 Å². The van der Waals surface area contributed by atoms with Gasteiger partial charge in [0.25, 0.3) is 0 Å². The maximum absolute atomic E-state index is 11.4. The van der Waals surface area contributed by atoms with Crippen molar-refractivity contribution < 1.29 is 45.3 Å². The summed E-state index contributed by atoms with van der Waals surface area (Å²) >= 11 is 0. The minimum Gasteiger partial charge on any atom is -0.481 e. The van der Waals surface area contributed by atoms with Crippen LogP contribution >= 0.6 is 0 Å². The molecule has 0 aromatic heterocycles. The fourth-order valence-corrected chi connectivity index (χ4v) is 1.34. The van der Waals surface area contributed by atoms with Gasteiger partial charge in [-0.05, 0) is 0 Å². The molecule has 0 aliphatic rings. The van der Waals surface area contributed by atoms with Crippen molar-refractivity contribution in [3.05, 3.63) is 0 Å². The van der Waals surface area contributed by atoms with Gasteiger partial charge in [0.15, 0.2) is 5.78 Å². The van der Waals surface area contributed by atoms with Crippen LogP contribution in [0.25, 0.3) is 0 Å². The zero-order valence-electron chi connectivity index (χ0n) is 9.96. The molecule has 7 N–H and O–H groups in total. The van der Waals surface area contributed by atoms with Crippen LogP contribution in [0.2, 0.25) is 0 Å². The molecule has 0 aromatic carbocycles. The normalized spacial score (nSPS) is 19.3. The molecule has 0 rings (SSSR count). The molecule has 0 fully saturated rings. The smallest absolute Gasteiger partial charge is 0.305 e. The summed E-state index contributed by atoms with van der Waals surface area (Å²) in [6.07, 6.45) is -10.9. The zero-order valence-corrected chi connectivity index (χ0v) is 9.96. The lowest BCUT2D eigenvalue weighted by Crippen LogP contribution is -2.49. The molecule has 0 radical (unpaired) electrons. The van der Waals surface area contributed by atoms with E-state index in [0.717, 1.165) is 0 Å². The molecule has 0 saturated carbocycles. The zero-order chi connectivity index (χ0) is 15.2. The van der Waals surface area contributed by atoms with Gasteiger partial charge in [0.1, 0.15) is 24.4 Å². The van der Waals surface area contributed by atoms with Crippen molar-refractivity contribution in [2.24, 2.45) is 0 Å². The highest BCUT2D eigenvalue weighted by Crippen LogP contribution is 2.10. The summed E-state index contributed by atoms with van der Waals surface area (Å²) in [5.74, 6) is -2.43. The van der Waals surface area contributed by atoms with Crippen molar-refractivity contribution in [1.82, 2.24) is 0 Å². The number of ketones is 1. The maximum atomic E-state index is 11.4. The van der Waals surface area contributed by atoms with Crippen molar-refractivity contribution in [2.75, 3.05) is 6.61 Å². The number of carbonyl (C=O) groups excluding carboxylic acids is 1. The molecule has 0 bridgehead atoms. The molecule has 0 aromatic rings. The number of aliphatic hydroxyl groups excluding tert-OH is 6. The van der Waals surface area contributed by atoms with E-state index in [1.165, 1.54) is 0 Å². The largest absolute Gasteiger partial charge is 0.481 e. The van der Waals surface area contributed by atoms with Crippen molar-refractivity contribution in [1.29, 1.82) is 0 Å².